The molecule has 0 aliphatic heterocycles. The second-order valence-corrected chi connectivity index (χ2v) is 2.23. The fourth-order valence-corrected chi connectivity index (χ4v) is 0.851. The van der Waals surface area contributed by atoms with Gasteiger partial charge in [0.05, 0.1) is 5.56 Å². The highest BCUT2D eigenvalue weighted by Crippen LogP contribution is 2.08. The van der Waals surface area contributed by atoms with Gasteiger partial charge in [-0.05, 0) is 6.07 Å². The Kier molecular flexibility index (Phi) is 1.96. The van der Waals surface area contributed by atoms with Gasteiger partial charge in [-0.1, -0.05) is 11.6 Å². The van der Waals surface area contributed by atoms with E-state index in [1.165, 1.54) is 0 Å². The van der Waals surface area contributed by atoms with Gasteiger partial charge in [0.2, 0.25) is 5.56 Å². The first-order valence-electron chi connectivity index (χ1n) is 2.73. The van der Waals surface area contributed by atoms with Crippen LogP contribution >= 0.6 is 11.6 Å². The number of nitrogens with one attached hydrogen (secondary N) is 1. The number of carboxylic acids is 1. The summed E-state index contributed by atoms with van der Waals surface area (Å²) in [6, 6.07) is 2.26. The zero-order chi connectivity index (χ0) is 8.43. The van der Waals surface area contributed by atoms with E-state index >= 15 is 0 Å². The third kappa shape index (κ3) is 1.59. The van der Waals surface area contributed by atoms with Crippen molar-refractivity contribution < 1.29 is 9.90 Å². The summed E-state index contributed by atoms with van der Waals surface area (Å²) in [7, 11) is 0. The largest absolute Gasteiger partial charge is 0.478 e. The molecule has 0 fully saturated rings. The lowest BCUT2D eigenvalue weighted by Gasteiger charge is -1.94. The van der Waals surface area contributed by atoms with Crippen molar-refractivity contribution in [2.75, 3.05) is 0 Å². The SMILES string of the molecule is O=C(O)c1ccc(=O)[nH]c1Cl. The predicted molar refractivity (Wildman–Crippen MR) is 39.0 cm³/mol. The number of rotatable bonds is 1. The van der Waals surface area contributed by atoms with Crippen LogP contribution < -0.4 is 5.56 Å². The molecule has 1 aromatic rings. The fraction of sp³-hybridized carbons (Fsp3) is 0. The smallest absolute Gasteiger partial charge is 0.338 e. The minimum atomic E-state index is -1.16. The average Bonchev–Trinajstić information content (AvgIpc) is 1.85. The van der Waals surface area contributed by atoms with Crippen LogP contribution in [0.1, 0.15) is 10.4 Å². The van der Waals surface area contributed by atoms with Gasteiger partial charge >= 0.3 is 5.97 Å². The molecule has 0 saturated heterocycles. The normalized spacial score (nSPS) is 9.55. The summed E-state index contributed by atoms with van der Waals surface area (Å²) in [6.45, 7) is 0. The average molecular weight is 174 g/mol. The molecule has 0 bridgehead atoms. The van der Waals surface area contributed by atoms with Gasteiger partial charge in [-0.15, -0.1) is 0 Å². The van der Waals surface area contributed by atoms with Gasteiger partial charge in [0, 0.05) is 6.07 Å². The molecule has 0 spiro atoms. The Morgan fingerprint density at radius 2 is 2.18 bits per heavy atom. The first-order chi connectivity index (χ1) is 5.11. The first kappa shape index (κ1) is 7.81. The number of aromatic amines is 1. The second kappa shape index (κ2) is 2.75. The maximum Gasteiger partial charge on any atom is 0.338 e. The molecule has 1 rings (SSSR count). The van der Waals surface area contributed by atoms with Crippen molar-refractivity contribution in [2.24, 2.45) is 0 Å². The van der Waals surface area contributed by atoms with Gasteiger partial charge in [-0.3, -0.25) is 4.79 Å². The minimum Gasteiger partial charge on any atom is -0.478 e. The summed E-state index contributed by atoms with van der Waals surface area (Å²) in [6.07, 6.45) is 0. The summed E-state index contributed by atoms with van der Waals surface area (Å²) in [5, 5.41) is 8.30. The molecule has 2 N–H and O–H groups in total. The van der Waals surface area contributed by atoms with Crippen LogP contribution in [0.15, 0.2) is 16.9 Å². The highest BCUT2D eigenvalue weighted by atomic mass is 35.5. The quantitative estimate of drug-likeness (QED) is 0.615. The molecule has 0 atom stereocenters. The number of hydrogen-bond donors (Lipinski definition) is 2. The molecular formula is C6H4ClNO3. The van der Waals surface area contributed by atoms with Crippen LogP contribution in [0, 0.1) is 0 Å². The Balaban J connectivity index is 3.31. The molecule has 0 aromatic carbocycles. The van der Waals surface area contributed by atoms with Crippen molar-refractivity contribution >= 4 is 17.6 Å². The highest BCUT2D eigenvalue weighted by molar-refractivity contribution is 6.32. The lowest BCUT2D eigenvalue weighted by Crippen LogP contribution is -2.08. The van der Waals surface area contributed by atoms with Crippen LogP contribution in [0.5, 0.6) is 0 Å². The Labute approximate surface area is 66.4 Å². The Hall–Kier alpha value is -1.29. The summed E-state index contributed by atoms with van der Waals surface area (Å²) >= 11 is 5.39. The summed E-state index contributed by atoms with van der Waals surface area (Å²) in [5.74, 6) is -1.16. The number of aromatic carboxylic acids is 1. The Morgan fingerprint density at radius 1 is 1.55 bits per heavy atom. The standard InChI is InChI=1S/C6H4ClNO3/c7-5-3(6(10)11)1-2-4(9)8-5/h1-2H,(H,8,9)(H,10,11). The molecule has 1 heterocycles. The molecule has 11 heavy (non-hydrogen) atoms. The summed E-state index contributed by atoms with van der Waals surface area (Å²) < 4.78 is 0. The van der Waals surface area contributed by atoms with E-state index in [4.69, 9.17) is 16.7 Å². The van der Waals surface area contributed by atoms with Crippen LogP contribution in [0.4, 0.5) is 0 Å². The van der Waals surface area contributed by atoms with E-state index in [9.17, 15) is 9.59 Å². The van der Waals surface area contributed by atoms with Crippen LogP contribution in [-0.2, 0) is 0 Å². The van der Waals surface area contributed by atoms with Crippen LogP contribution in [0.25, 0.3) is 0 Å². The first-order valence-corrected chi connectivity index (χ1v) is 3.11. The molecule has 1 aromatic heterocycles. The number of carboxylic acid groups (broad SMARTS) is 1. The molecule has 0 aliphatic rings. The Bertz CT molecular complexity index is 344. The van der Waals surface area contributed by atoms with Crippen molar-refractivity contribution in [1.82, 2.24) is 4.98 Å². The minimum absolute atomic E-state index is 0.105. The van der Waals surface area contributed by atoms with E-state index in [1.54, 1.807) is 0 Å². The van der Waals surface area contributed by atoms with Crippen molar-refractivity contribution in [3.8, 4) is 0 Å². The van der Waals surface area contributed by atoms with Gasteiger partial charge in [-0.2, -0.15) is 0 Å². The maximum atomic E-state index is 10.5. The number of aromatic nitrogens is 1. The molecule has 0 saturated carbocycles. The Morgan fingerprint density at radius 3 is 2.64 bits per heavy atom. The number of pyridine rings is 1. The van der Waals surface area contributed by atoms with Crippen molar-refractivity contribution in [1.29, 1.82) is 0 Å². The predicted octanol–water partition coefficient (Wildman–Crippen LogP) is 0.726. The zero-order valence-electron chi connectivity index (χ0n) is 5.30. The summed E-state index contributed by atoms with van der Waals surface area (Å²) in [4.78, 5) is 23.0. The zero-order valence-corrected chi connectivity index (χ0v) is 6.05. The number of carbonyl (C=O) groups is 1. The molecule has 5 heteroatoms. The molecule has 0 unspecified atom stereocenters. The summed E-state index contributed by atoms with van der Waals surface area (Å²) in [5.41, 5.74) is -0.522. The fourth-order valence-electron chi connectivity index (χ4n) is 0.615. The van der Waals surface area contributed by atoms with Gasteiger partial charge in [0.25, 0.3) is 0 Å². The van der Waals surface area contributed by atoms with Crippen LogP contribution in [0.3, 0.4) is 0 Å². The van der Waals surface area contributed by atoms with Crippen molar-refractivity contribution in [3.63, 3.8) is 0 Å². The monoisotopic (exact) mass is 173 g/mol. The third-order valence-corrected chi connectivity index (χ3v) is 1.40. The van der Waals surface area contributed by atoms with E-state index < -0.39 is 11.5 Å². The van der Waals surface area contributed by atoms with Gasteiger partial charge in [0.1, 0.15) is 5.15 Å². The van der Waals surface area contributed by atoms with E-state index in [-0.39, 0.29) is 10.7 Å². The van der Waals surface area contributed by atoms with Gasteiger partial charge < -0.3 is 10.1 Å². The highest BCUT2D eigenvalue weighted by Gasteiger charge is 2.07. The van der Waals surface area contributed by atoms with E-state index in [0.717, 1.165) is 12.1 Å². The molecule has 58 valence electrons. The van der Waals surface area contributed by atoms with E-state index in [2.05, 4.69) is 4.98 Å². The molecule has 0 aliphatic carbocycles. The topological polar surface area (TPSA) is 70.2 Å². The van der Waals surface area contributed by atoms with Crippen molar-refractivity contribution in [2.45, 2.75) is 0 Å². The van der Waals surface area contributed by atoms with E-state index in [1.807, 2.05) is 0 Å². The van der Waals surface area contributed by atoms with Crippen molar-refractivity contribution in [3.05, 3.63) is 33.2 Å². The van der Waals surface area contributed by atoms with Crippen LogP contribution in [-0.4, -0.2) is 16.1 Å². The lowest BCUT2D eigenvalue weighted by molar-refractivity contribution is 0.0696. The van der Waals surface area contributed by atoms with Gasteiger partial charge in [-0.25, -0.2) is 4.79 Å². The number of H-pyrrole nitrogens is 1. The number of halogens is 1. The maximum absolute atomic E-state index is 10.5. The van der Waals surface area contributed by atoms with Gasteiger partial charge in [0.15, 0.2) is 0 Å². The molecule has 0 radical (unpaired) electrons. The molecule has 0 amide bonds. The third-order valence-electron chi connectivity index (χ3n) is 1.10. The molecular weight excluding hydrogens is 170 g/mol. The second-order valence-electron chi connectivity index (χ2n) is 1.86. The van der Waals surface area contributed by atoms with Crippen LogP contribution in [0.2, 0.25) is 5.15 Å². The molecule has 4 nitrogen and oxygen atoms in total. The van der Waals surface area contributed by atoms with E-state index in [0.29, 0.717) is 0 Å². The number of hydrogen-bond acceptors (Lipinski definition) is 2. The lowest BCUT2D eigenvalue weighted by atomic mass is 10.3.